The minimum Gasteiger partial charge on any atom is -0.326 e. The standard InChI is InChI=1S/C19H14Cl2N2O2S/c1-11(24)22-14-6-7-15(21)16(10-14)23-19(25)18-9-8-17(26-18)12-2-4-13(20)5-3-12/h2-10H,1H3,(H,22,24)(H,23,25). The average molecular weight is 405 g/mol. The molecule has 7 heteroatoms. The van der Waals surface area contributed by atoms with Gasteiger partial charge in [0.1, 0.15) is 0 Å². The Labute approximate surface area is 164 Å². The highest BCUT2D eigenvalue weighted by Gasteiger charge is 2.13. The highest BCUT2D eigenvalue weighted by Crippen LogP contribution is 2.31. The Morgan fingerprint density at radius 1 is 0.923 bits per heavy atom. The number of hydrogen-bond acceptors (Lipinski definition) is 3. The lowest BCUT2D eigenvalue weighted by Crippen LogP contribution is -2.11. The predicted molar refractivity (Wildman–Crippen MR) is 108 cm³/mol. The lowest BCUT2D eigenvalue weighted by Gasteiger charge is -2.09. The quantitative estimate of drug-likeness (QED) is 0.565. The number of nitrogens with one attached hydrogen (secondary N) is 2. The fourth-order valence-electron chi connectivity index (χ4n) is 2.32. The second-order valence-electron chi connectivity index (χ2n) is 5.50. The largest absolute Gasteiger partial charge is 0.326 e. The predicted octanol–water partition coefficient (Wildman–Crippen LogP) is 5.93. The molecule has 0 bridgehead atoms. The number of amides is 2. The lowest BCUT2D eigenvalue weighted by molar-refractivity contribution is -0.114. The summed E-state index contributed by atoms with van der Waals surface area (Å²) in [7, 11) is 0. The van der Waals surface area contributed by atoms with Crippen molar-refractivity contribution in [3.05, 3.63) is 69.5 Å². The van der Waals surface area contributed by atoms with Gasteiger partial charge in [-0.2, -0.15) is 0 Å². The Bertz CT molecular complexity index is 968. The first-order chi connectivity index (χ1) is 12.4. The summed E-state index contributed by atoms with van der Waals surface area (Å²) in [5, 5.41) is 6.49. The molecule has 4 nitrogen and oxygen atoms in total. The molecule has 0 unspecified atom stereocenters. The Kier molecular flexibility index (Phi) is 5.61. The Balaban J connectivity index is 1.78. The van der Waals surface area contributed by atoms with Gasteiger partial charge in [-0.25, -0.2) is 0 Å². The van der Waals surface area contributed by atoms with E-state index in [9.17, 15) is 9.59 Å². The van der Waals surface area contributed by atoms with Crippen molar-refractivity contribution in [1.29, 1.82) is 0 Å². The van der Waals surface area contributed by atoms with Crippen molar-refractivity contribution in [1.82, 2.24) is 0 Å². The fourth-order valence-corrected chi connectivity index (χ4v) is 3.51. The number of rotatable bonds is 4. The zero-order valence-corrected chi connectivity index (χ0v) is 16.0. The zero-order valence-electron chi connectivity index (χ0n) is 13.7. The van der Waals surface area contributed by atoms with Crippen LogP contribution in [0.2, 0.25) is 10.0 Å². The zero-order chi connectivity index (χ0) is 18.7. The lowest BCUT2D eigenvalue weighted by atomic mass is 10.2. The van der Waals surface area contributed by atoms with Crippen LogP contribution in [0.15, 0.2) is 54.6 Å². The van der Waals surface area contributed by atoms with Gasteiger partial charge in [0, 0.05) is 22.5 Å². The van der Waals surface area contributed by atoms with Gasteiger partial charge in [-0.3, -0.25) is 9.59 Å². The number of thiophene rings is 1. The number of benzene rings is 2. The number of anilines is 2. The molecule has 2 aromatic carbocycles. The maximum Gasteiger partial charge on any atom is 0.265 e. The molecule has 0 radical (unpaired) electrons. The van der Waals surface area contributed by atoms with E-state index >= 15 is 0 Å². The van der Waals surface area contributed by atoms with E-state index in [-0.39, 0.29) is 11.8 Å². The molecule has 2 amide bonds. The van der Waals surface area contributed by atoms with Crippen molar-refractivity contribution < 1.29 is 9.59 Å². The summed E-state index contributed by atoms with van der Waals surface area (Å²) in [5.41, 5.74) is 1.98. The van der Waals surface area contributed by atoms with Crippen LogP contribution >= 0.6 is 34.5 Å². The van der Waals surface area contributed by atoms with Crippen molar-refractivity contribution >= 4 is 57.7 Å². The second kappa shape index (κ2) is 7.91. The van der Waals surface area contributed by atoms with Crippen molar-refractivity contribution in [3.63, 3.8) is 0 Å². The summed E-state index contributed by atoms with van der Waals surface area (Å²) in [6.07, 6.45) is 0. The Hall–Kier alpha value is -2.34. The third kappa shape index (κ3) is 4.43. The van der Waals surface area contributed by atoms with Gasteiger partial charge in [0.25, 0.3) is 5.91 Å². The van der Waals surface area contributed by atoms with Gasteiger partial charge < -0.3 is 10.6 Å². The van der Waals surface area contributed by atoms with E-state index in [1.807, 2.05) is 30.3 Å². The molecule has 1 aromatic heterocycles. The van der Waals surface area contributed by atoms with Gasteiger partial charge in [-0.1, -0.05) is 35.3 Å². The van der Waals surface area contributed by atoms with Gasteiger partial charge in [0.15, 0.2) is 0 Å². The highest BCUT2D eigenvalue weighted by molar-refractivity contribution is 7.17. The first-order valence-corrected chi connectivity index (χ1v) is 9.24. The van der Waals surface area contributed by atoms with Crippen LogP contribution in [0.3, 0.4) is 0 Å². The molecule has 3 rings (SSSR count). The smallest absolute Gasteiger partial charge is 0.265 e. The molecule has 0 atom stereocenters. The van der Waals surface area contributed by atoms with E-state index in [1.165, 1.54) is 18.3 Å². The van der Waals surface area contributed by atoms with Crippen LogP contribution in [0.5, 0.6) is 0 Å². The summed E-state index contributed by atoms with van der Waals surface area (Å²) < 4.78 is 0. The molecule has 0 fully saturated rings. The van der Waals surface area contributed by atoms with Crippen molar-refractivity contribution in [2.75, 3.05) is 10.6 Å². The minimum absolute atomic E-state index is 0.199. The van der Waals surface area contributed by atoms with Crippen LogP contribution < -0.4 is 10.6 Å². The normalized spacial score (nSPS) is 10.4. The highest BCUT2D eigenvalue weighted by atomic mass is 35.5. The fraction of sp³-hybridized carbons (Fsp3) is 0.0526. The van der Waals surface area contributed by atoms with Gasteiger partial charge in [0.2, 0.25) is 5.91 Å². The molecule has 0 aliphatic heterocycles. The topological polar surface area (TPSA) is 58.2 Å². The number of halogens is 2. The summed E-state index contributed by atoms with van der Waals surface area (Å²) in [6.45, 7) is 1.41. The van der Waals surface area contributed by atoms with Crippen LogP contribution in [0.1, 0.15) is 16.6 Å². The van der Waals surface area contributed by atoms with E-state index in [4.69, 9.17) is 23.2 Å². The Morgan fingerprint density at radius 2 is 1.65 bits per heavy atom. The maximum absolute atomic E-state index is 12.5. The molecule has 3 aromatic rings. The first-order valence-electron chi connectivity index (χ1n) is 7.66. The molecule has 0 spiro atoms. The first kappa shape index (κ1) is 18.5. The number of hydrogen-bond donors (Lipinski definition) is 2. The van der Waals surface area contributed by atoms with E-state index in [0.29, 0.717) is 26.3 Å². The molecule has 0 saturated carbocycles. The van der Waals surface area contributed by atoms with Gasteiger partial charge >= 0.3 is 0 Å². The van der Waals surface area contributed by atoms with E-state index in [0.717, 1.165) is 10.4 Å². The molecule has 26 heavy (non-hydrogen) atoms. The van der Waals surface area contributed by atoms with Crippen LogP contribution in [-0.2, 0) is 4.79 Å². The van der Waals surface area contributed by atoms with Crippen LogP contribution in [-0.4, -0.2) is 11.8 Å². The van der Waals surface area contributed by atoms with Gasteiger partial charge in [0.05, 0.1) is 15.6 Å². The molecule has 132 valence electrons. The summed E-state index contributed by atoms with van der Waals surface area (Å²) >= 11 is 13.4. The van der Waals surface area contributed by atoms with Crippen LogP contribution in [0, 0.1) is 0 Å². The Morgan fingerprint density at radius 3 is 2.35 bits per heavy atom. The molecule has 0 saturated heterocycles. The van der Waals surface area contributed by atoms with Crippen LogP contribution in [0.4, 0.5) is 11.4 Å². The third-order valence-corrected chi connectivity index (χ3v) is 5.21. The van der Waals surface area contributed by atoms with E-state index < -0.39 is 0 Å². The summed E-state index contributed by atoms with van der Waals surface area (Å²) in [5.74, 6) is -0.465. The average Bonchev–Trinajstić information content (AvgIpc) is 3.08. The molecule has 0 aliphatic carbocycles. The molecule has 1 heterocycles. The molecular weight excluding hydrogens is 391 g/mol. The van der Waals surface area contributed by atoms with E-state index in [2.05, 4.69) is 10.6 Å². The monoisotopic (exact) mass is 404 g/mol. The number of carbonyl (C=O) groups excluding carboxylic acids is 2. The maximum atomic E-state index is 12.5. The van der Waals surface area contributed by atoms with Crippen LogP contribution in [0.25, 0.3) is 10.4 Å². The summed E-state index contributed by atoms with van der Waals surface area (Å²) in [4.78, 5) is 25.2. The third-order valence-electron chi connectivity index (χ3n) is 3.49. The summed E-state index contributed by atoms with van der Waals surface area (Å²) in [6, 6.07) is 16.0. The molecule has 0 aliphatic rings. The number of carbonyl (C=O) groups is 2. The second-order valence-corrected chi connectivity index (χ2v) is 7.43. The van der Waals surface area contributed by atoms with Crippen molar-refractivity contribution in [2.24, 2.45) is 0 Å². The van der Waals surface area contributed by atoms with Crippen molar-refractivity contribution in [2.45, 2.75) is 6.92 Å². The van der Waals surface area contributed by atoms with Gasteiger partial charge in [-0.15, -0.1) is 11.3 Å². The van der Waals surface area contributed by atoms with Gasteiger partial charge in [-0.05, 0) is 48.0 Å². The molecular formula is C19H14Cl2N2O2S. The van der Waals surface area contributed by atoms with Crippen molar-refractivity contribution in [3.8, 4) is 10.4 Å². The minimum atomic E-state index is -0.267. The SMILES string of the molecule is CC(=O)Nc1ccc(Cl)c(NC(=O)c2ccc(-c3ccc(Cl)cc3)s2)c1. The molecule has 2 N–H and O–H groups in total. The van der Waals surface area contributed by atoms with E-state index in [1.54, 1.807) is 24.3 Å².